The minimum Gasteiger partial charge on any atom is -0.748 e. The van der Waals surface area contributed by atoms with E-state index in [1.54, 1.807) is 0 Å². The van der Waals surface area contributed by atoms with E-state index in [0.717, 1.165) is 17.8 Å². The lowest BCUT2D eigenvalue weighted by atomic mass is 9.77. The van der Waals surface area contributed by atoms with Gasteiger partial charge < -0.3 is 9.29 Å². The van der Waals surface area contributed by atoms with Crippen molar-refractivity contribution in [2.75, 3.05) is 12.9 Å². The van der Waals surface area contributed by atoms with Gasteiger partial charge in [0, 0.05) is 22.9 Å². The van der Waals surface area contributed by atoms with Gasteiger partial charge in [-0.1, -0.05) is 103 Å². The van der Waals surface area contributed by atoms with Crippen LogP contribution in [-0.4, -0.2) is 30.4 Å². The van der Waals surface area contributed by atoms with Crippen LogP contribution < -0.4 is 4.57 Å². The second kappa shape index (κ2) is 11.6. The number of hydrogen-bond acceptors (Lipinski definition) is 4. The predicted octanol–water partition coefficient (Wildman–Crippen LogP) is 5.04. The van der Waals surface area contributed by atoms with Crippen molar-refractivity contribution in [2.45, 2.75) is 18.2 Å². The molecule has 6 rings (SSSR count). The third kappa shape index (κ3) is 5.74. The lowest BCUT2D eigenvalue weighted by Crippen LogP contribution is -2.57. The number of ether oxygens (including phenoxy) is 1. The molecule has 0 fully saturated rings. The minimum atomic E-state index is -3.92. The molecule has 2 heterocycles. The predicted molar refractivity (Wildman–Crippen MR) is 149 cm³/mol. The van der Waals surface area contributed by atoms with E-state index in [0.29, 0.717) is 12.9 Å². The fraction of sp³-hybridized carbons (Fsp3) is 0.156. The summed E-state index contributed by atoms with van der Waals surface area (Å²) in [7, 11) is -3.92. The van der Waals surface area contributed by atoms with E-state index in [-0.39, 0.29) is 11.9 Å². The zero-order valence-corrected chi connectivity index (χ0v) is 22.7. The Hall–Kier alpha value is -4.11. The first-order valence-electron chi connectivity index (χ1n) is 12.8. The molecular weight excluding hydrogens is 527 g/mol. The normalized spacial score (nSPS) is 15.0. The van der Waals surface area contributed by atoms with Gasteiger partial charge in [-0.15, -0.1) is 0 Å². The third-order valence-electron chi connectivity index (χ3n) is 6.89. The highest BCUT2D eigenvalue weighted by Gasteiger charge is 2.45. The van der Waals surface area contributed by atoms with Crippen LogP contribution in [0.2, 0.25) is 0 Å². The Labute approximate surface area is 233 Å². The molecule has 0 saturated carbocycles. The molecule has 1 unspecified atom stereocenters. The topological polar surface area (TPSA) is 75.2 Å². The van der Waals surface area contributed by atoms with Crippen molar-refractivity contribution in [3.8, 4) is 0 Å². The molecule has 0 N–H and O–H groups in total. The Morgan fingerprint density at radius 3 is 1.73 bits per heavy atom. The fourth-order valence-electron chi connectivity index (χ4n) is 5.30. The molecule has 0 radical (unpaired) electrons. The van der Waals surface area contributed by atoms with Gasteiger partial charge in [-0.05, 0) is 17.7 Å². The van der Waals surface area contributed by atoms with Crippen molar-refractivity contribution in [3.05, 3.63) is 162 Å². The molecule has 5 aromatic rings. The molecule has 0 amide bonds. The average Bonchev–Trinajstić information content (AvgIpc) is 3.40. The van der Waals surface area contributed by atoms with Crippen LogP contribution in [0.25, 0.3) is 0 Å². The van der Waals surface area contributed by atoms with Crippen molar-refractivity contribution < 1.29 is 26.7 Å². The number of rotatable bonds is 5. The van der Waals surface area contributed by atoms with Gasteiger partial charge >= 0.3 is 0 Å². The standard InChI is InChI=1S/C31H26FN2O.CH4O3S/c32-28-18-16-24(17-19-28)30-29-22-34(23-33(29)20-21-35-30)31(25-10-4-1-5-11-25,26-12-6-2-7-13-26)27-14-8-3-9-15-27;1-5(2,3)4/h1-19,22-23,30H,20-21H2;1H3,(H,2,3,4)/q+1;/p-1. The number of hydrogen-bond donors (Lipinski definition) is 0. The van der Waals surface area contributed by atoms with E-state index in [9.17, 15) is 4.39 Å². The molecule has 0 bridgehead atoms. The van der Waals surface area contributed by atoms with Crippen LogP contribution in [-0.2, 0) is 26.9 Å². The van der Waals surface area contributed by atoms with Gasteiger partial charge in [-0.25, -0.2) is 21.9 Å². The fourth-order valence-corrected chi connectivity index (χ4v) is 5.30. The summed E-state index contributed by atoms with van der Waals surface area (Å²) in [6.45, 7) is 1.35. The van der Waals surface area contributed by atoms with Crippen molar-refractivity contribution in [1.82, 2.24) is 4.57 Å². The van der Waals surface area contributed by atoms with E-state index in [1.165, 1.54) is 28.8 Å². The lowest BCUT2D eigenvalue weighted by Gasteiger charge is -2.32. The first kappa shape index (κ1) is 27.5. The summed E-state index contributed by atoms with van der Waals surface area (Å²) in [6.07, 6.45) is 4.74. The molecule has 0 saturated heterocycles. The van der Waals surface area contributed by atoms with E-state index in [2.05, 4.69) is 113 Å². The smallest absolute Gasteiger partial charge is 0.245 e. The molecule has 8 heteroatoms. The Morgan fingerprint density at radius 1 is 0.825 bits per heavy atom. The van der Waals surface area contributed by atoms with E-state index in [4.69, 9.17) is 17.7 Å². The van der Waals surface area contributed by atoms with Crippen LogP contribution in [0.15, 0.2) is 128 Å². The van der Waals surface area contributed by atoms with Crippen LogP contribution in [0.5, 0.6) is 0 Å². The molecule has 1 aromatic heterocycles. The van der Waals surface area contributed by atoms with Gasteiger partial charge in [0.1, 0.15) is 24.7 Å². The lowest BCUT2D eigenvalue weighted by molar-refractivity contribution is -0.734. The maximum absolute atomic E-state index is 13.6. The molecule has 1 aliphatic heterocycles. The van der Waals surface area contributed by atoms with Crippen LogP contribution in [0.4, 0.5) is 4.39 Å². The highest BCUT2D eigenvalue weighted by molar-refractivity contribution is 7.84. The summed E-state index contributed by atoms with van der Waals surface area (Å²) in [5.41, 5.74) is 4.93. The Morgan fingerprint density at radius 2 is 1.27 bits per heavy atom. The zero-order chi connectivity index (χ0) is 28.2. The SMILES string of the molecule is CS(=O)(=O)[O-].Fc1ccc(C2OCCn3c[n+](C(c4ccccc4)(c4ccccc4)c4ccccc4)cc32)cc1. The van der Waals surface area contributed by atoms with Crippen LogP contribution in [0, 0.1) is 5.82 Å². The molecule has 4 aromatic carbocycles. The van der Waals surface area contributed by atoms with Crippen molar-refractivity contribution in [1.29, 1.82) is 0 Å². The summed E-state index contributed by atoms with van der Waals surface area (Å²) < 4.78 is 51.6. The second-order valence-corrected chi connectivity index (χ2v) is 11.0. The maximum atomic E-state index is 13.6. The van der Waals surface area contributed by atoms with Crippen molar-refractivity contribution >= 4 is 10.1 Å². The summed E-state index contributed by atoms with van der Waals surface area (Å²) in [5.74, 6) is -0.244. The molecule has 0 spiro atoms. The van der Waals surface area contributed by atoms with E-state index >= 15 is 0 Å². The number of aromatic nitrogens is 2. The molecule has 6 nitrogen and oxygen atoms in total. The van der Waals surface area contributed by atoms with Gasteiger partial charge in [0.15, 0.2) is 11.2 Å². The summed E-state index contributed by atoms with van der Waals surface area (Å²) in [4.78, 5) is 0. The van der Waals surface area contributed by atoms with Gasteiger partial charge in [0.25, 0.3) is 0 Å². The van der Waals surface area contributed by atoms with Gasteiger partial charge in [-0.2, -0.15) is 0 Å². The molecular formula is C32H29FN2O4S. The molecule has 1 atom stereocenters. The number of benzene rings is 4. The average molecular weight is 557 g/mol. The molecule has 1 aliphatic rings. The quantitative estimate of drug-likeness (QED) is 0.173. The van der Waals surface area contributed by atoms with Crippen LogP contribution in [0.1, 0.15) is 34.1 Å². The number of halogens is 1. The van der Waals surface area contributed by atoms with Gasteiger partial charge in [0.05, 0.1) is 16.7 Å². The third-order valence-corrected chi connectivity index (χ3v) is 6.89. The van der Waals surface area contributed by atoms with Crippen LogP contribution in [0.3, 0.4) is 0 Å². The summed E-state index contributed by atoms with van der Waals surface area (Å²) >= 11 is 0. The number of imidazole rings is 1. The number of fused-ring (bicyclic) bond motifs is 1. The largest absolute Gasteiger partial charge is 0.748 e. The second-order valence-electron chi connectivity index (χ2n) is 9.59. The number of nitrogens with zero attached hydrogens (tertiary/aromatic N) is 2. The molecule has 204 valence electrons. The first-order valence-corrected chi connectivity index (χ1v) is 14.6. The van der Waals surface area contributed by atoms with E-state index < -0.39 is 15.7 Å². The van der Waals surface area contributed by atoms with Gasteiger partial charge in [-0.3, -0.25) is 0 Å². The Kier molecular flexibility index (Phi) is 7.93. The Balaban J connectivity index is 0.000000595. The maximum Gasteiger partial charge on any atom is 0.245 e. The first-order chi connectivity index (χ1) is 19.3. The summed E-state index contributed by atoms with van der Waals surface area (Å²) in [6, 6.07) is 38.5. The highest BCUT2D eigenvalue weighted by atomic mass is 32.2. The van der Waals surface area contributed by atoms with Crippen LogP contribution >= 0.6 is 0 Å². The van der Waals surface area contributed by atoms with E-state index in [1.807, 2.05) is 12.1 Å². The minimum absolute atomic E-state index is 0.244. The highest BCUT2D eigenvalue weighted by Crippen LogP contribution is 2.38. The zero-order valence-electron chi connectivity index (χ0n) is 21.9. The van der Waals surface area contributed by atoms with Crippen molar-refractivity contribution in [3.63, 3.8) is 0 Å². The van der Waals surface area contributed by atoms with Crippen molar-refractivity contribution in [2.24, 2.45) is 0 Å². The molecule has 0 aliphatic carbocycles. The van der Waals surface area contributed by atoms with Gasteiger partial charge in [0.2, 0.25) is 6.33 Å². The Bertz CT molecular complexity index is 1550. The monoisotopic (exact) mass is 556 g/mol. The summed E-state index contributed by atoms with van der Waals surface area (Å²) in [5, 5.41) is 0. The molecule has 40 heavy (non-hydrogen) atoms.